The predicted octanol–water partition coefficient (Wildman–Crippen LogP) is 4.30. The topological polar surface area (TPSA) is 12.0 Å². The fourth-order valence-corrected chi connectivity index (χ4v) is 2.07. The fraction of sp³-hybridized carbons (Fsp3) is 0.600. The van der Waals surface area contributed by atoms with E-state index in [0.29, 0.717) is 6.04 Å². The Morgan fingerprint density at radius 2 is 1.94 bits per heavy atom. The molecule has 1 aromatic carbocycles. The summed E-state index contributed by atoms with van der Waals surface area (Å²) in [5.74, 6) is 0. The van der Waals surface area contributed by atoms with E-state index in [1.54, 1.807) is 0 Å². The van der Waals surface area contributed by atoms with Crippen LogP contribution in [-0.4, -0.2) is 12.6 Å². The van der Waals surface area contributed by atoms with E-state index in [0.717, 1.165) is 24.4 Å². The summed E-state index contributed by atoms with van der Waals surface area (Å²) in [5.41, 5.74) is 1.53. The van der Waals surface area contributed by atoms with Crippen molar-refractivity contribution >= 4 is 11.6 Å². The zero-order valence-electron chi connectivity index (χ0n) is 11.4. The second kappa shape index (κ2) is 6.42. The molecule has 0 heterocycles. The van der Waals surface area contributed by atoms with Gasteiger partial charge in [-0.25, -0.2) is 0 Å². The van der Waals surface area contributed by atoms with Gasteiger partial charge in [0.1, 0.15) is 0 Å². The Labute approximate surface area is 111 Å². The van der Waals surface area contributed by atoms with Crippen LogP contribution in [0.3, 0.4) is 0 Å². The molecule has 1 unspecified atom stereocenters. The Kier molecular flexibility index (Phi) is 5.48. The molecule has 1 aromatic rings. The minimum Gasteiger partial charge on any atom is -0.314 e. The number of halogens is 1. The largest absolute Gasteiger partial charge is 0.314 e. The van der Waals surface area contributed by atoms with Crippen LogP contribution < -0.4 is 5.32 Å². The highest BCUT2D eigenvalue weighted by atomic mass is 35.5. The van der Waals surface area contributed by atoms with E-state index in [4.69, 9.17) is 11.6 Å². The van der Waals surface area contributed by atoms with E-state index in [-0.39, 0.29) is 5.41 Å². The van der Waals surface area contributed by atoms with Crippen molar-refractivity contribution in [2.24, 2.45) is 5.41 Å². The van der Waals surface area contributed by atoms with E-state index in [1.807, 2.05) is 12.1 Å². The molecular formula is C15H24ClN. The van der Waals surface area contributed by atoms with Crippen molar-refractivity contribution in [2.75, 3.05) is 6.54 Å². The Morgan fingerprint density at radius 1 is 1.29 bits per heavy atom. The zero-order chi connectivity index (χ0) is 12.9. The maximum Gasteiger partial charge on any atom is 0.0438 e. The van der Waals surface area contributed by atoms with Crippen molar-refractivity contribution in [3.05, 3.63) is 34.9 Å². The van der Waals surface area contributed by atoms with Gasteiger partial charge in [0, 0.05) is 17.6 Å². The molecule has 2 heteroatoms. The van der Waals surface area contributed by atoms with E-state index in [2.05, 4.69) is 45.1 Å². The molecule has 0 fully saturated rings. The van der Waals surface area contributed by atoms with Gasteiger partial charge in [0.25, 0.3) is 0 Å². The van der Waals surface area contributed by atoms with Gasteiger partial charge in [-0.3, -0.25) is 0 Å². The summed E-state index contributed by atoms with van der Waals surface area (Å²) in [7, 11) is 0. The van der Waals surface area contributed by atoms with Crippen LogP contribution in [0.25, 0.3) is 0 Å². The summed E-state index contributed by atoms with van der Waals surface area (Å²) < 4.78 is 0. The molecule has 1 rings (SSSR count). The molecule has 1 nitrogen and oxygen atoms in total. The van der Waals surface area contributed by atoms with E-state index in [9.17, 15) is 0 Å². The van der Waals surface area contributed by atoms with Gasteiger partial charge in [0.2, 0.25) is 0 Å². The first-order chi connectivity index (χ1) is 7.97. The highest BCUT2D eigenvalue weighted by molar-refractivity contribution is 6.31. The van der Waals surface area contributed by atoms with Crippen molar-refractivity contribution in [2.45, 2.75) is 46.6 Å². The van der Waals surface area contributed by atoms with E-state index >= 15 is 0 Å². The number of hydrogen-bond acceptors (Lipinski definition) is 1. The third-order valence-electron chi connectivity index (χ3n) is 3.37. The summed E-state index contributed by atoms with van der Waals surface area (Å²) in [6, 6.07) is 8.69. The van der Waals surface area contributed by atoms with Crippen LogP contribution in [0.5, 0.6) is 0 Å². The molecule has 1 N–H and O–H groups in total. The molecule has 0 aliphatic carbocycles. The fourth-order valence-electron chi connectivity index (χ4n) is 1.86. The van der Waals surface area contributed by atoms with Gasteiger partial charge in [0.15, 0.2) is 0 Å². The lowest BCUT2D eigenvalue weighted by atomic mass is 9.81. The van der Waals surface area contributed by atoms with Gasteiger partial charge < -0.3 is 5.32 Å². The number of rotatable bonds is 6. The minimum atomic E-state index is 0.273. The molecule has 0 radical (unpaired) electrons. The van der Waals surface area contributed by atoms with Crippen molar-refractivity contribution in [1.29, 1.82) is 0 Å². The predicted molar refractivity (Wildman–Crippen MR) is 76.7 cm³/mol. The van der Waals surface area contributed by atoms with Crippen molar-refractivity contribution in [3.8, 4) is 0 Å². The van der Waals surface area contributed by atoms with Crippen LogP contribution >= 0.6 is 11.6 Å². The minimum absolute atomic E-state index is 0.273. The molecule has 0 amide bonds. The molecule has 0 spiro atoms. The first kappa shape index (κ1) is 14.5. The van der Waals surface area contributed by atoms with Crippen LogP contribution in [0.15, 0.2) is 24.3 Å². The summed E-state index contributed by atoms with van der Waals surface area (Å²) in [5, 5.41) is 4.42. The summed E-state index contributed by atoms with van der Waals surface area (Å²) in [4.78, 5) is 0. The monoisotopic (exact) mass is 253 g/mol. The molecule has 17 heavy (non-hydrogen) atoms. The molecule has 0 saturated carbocycles. The van der Waals surface area contributed by atoms with Crippen LogP contribution in [0.4, 0.5) is 0 Å². The third-order valence-corrected chi connectivity index (χ3v) is 3.73. The van der Waals surface area contributed by atoms with Gasteiger partial charge in [-0.05, 0) is 29.9 Å². The Hall–Kier alpha value is -0.530. The average molecular weight is 254 g/mol. The Bertz CT molecular complexity index is 349. The lowest BCUT2D eigenvalue weighted by Gasteiger charge is -2.30. The normalized spacial score (nSPS) is 14.9. The number of benzene rings is 1. The lowest BCUT2D eigenvalue weighted by Crippen LogP contribution is -2.36. The zero-order valence-corrected chi connectivity index (χ0v) is 12.1. The second-order valence-electron chi connectivity index (χ2n) is 5.47. The second-order valence-corrected chi connectivity index (χ2v) is 5.88. The van der Waals surface area contributed by atoms with Crippen LogP contribution in [0, 0.1) is 5.41 Å². The SMILES string of the molecule is CCC(C)(CNC(C)C)Cc1ccccc1Cl. The maximum absolute atomic E-state index is 6.23. The maximum atomic E-state index is 6.23. The number of nitrogens with one attached hydrogen (secondary N) is 1. The number of hydrogen-bond donors (Lipinski definition) is 1. The van der Waals surface area contributed by atoms with Gasteiger partial charge in [-0.1, -0.05) is 57.5 Å². The third kappa shape index (κ3) is 4.69. The molecule has 96 valence electrons. The Morgan fingerprint density at radius 3 is 2.47 bits per heavy atom. The summed E-state index contributed by atoms with van der Waals surface area (Å²) >= 11 is 6.23. The molecule has 0 aliphatic rings. The van der Waals surface area contributed by atoms with Crippen molar-refractivity contribution < 1.29 is 0 Å². The van der Waals surface area contributed by atoms with E-state index in [1.165, 1.54) is 5.56 Å². The highest BCUT2D eigenvalue weighted by Gasteiger charge is 2.23. The first-order valence-electron chi connectivity index (χ1n) is 6.43. The average Bonchev–Trinajstić information content (AvgIpc) is 2.30. The van der Waals surface area contributed by atoms with Crippen molar-refractivity contribution in [1.82, 2.24) is 5.32 Å². The molecule has 0 aliphatic heterocycles. The molecule has 1 atom stereocenters. The van der Waals surface area contributed by atoms with Crippen LogP contribution in [-0.2, 0) is 6.42 Å². The Balaban J connectivity index is 2.71. The van der Waals surface area contributed by atoms with Gasteiger partial charge in [-0.2, -0.15) is 0 Å². The van der Waals surface area contributed by atoms with Gasteiger partial charge >= 0.3 is 0 Å². The standard InChI is InChI=1S/C15H24ClN/c1-5-15(4,11-17-12(2)3)10-13-8-6-7-9-14(13)16/h6-9,12,17H,5,10-11H2,1-4H3. The summed E-state index contributed by atoms with van der Waals surface area (Å²) in [6.45, 7) is 9.98. The molecular weight excluding hydrogens is 230 g/mol. The van der Waals surface area contributed by atoms with Gasteiger partial charge in [-0.15, -0.1) is 0 Å². The van der Waals surface area contributed by atoms with Crippen LogP contribution in [0.2, 0.25) is 5.02 Å². The first-order valence-corrected chi connectivity index (χ1v) is 6.81. The lowest BCUT2D eigenvalue weighted by molar-refractivity contribution is 0.281. The van der Waals surface area contributed by atoms with Crippen molar-refractivity contribution in [3.63, 3.8) is 0 Å². The van der Waals surface area contributed by atoms with E-state index < -0.39 is 0 Å². The molecule has 0 bridgehead atoms. The molecule has 0 aromatic heterocycles. The highest BCUT2D eigenvalue weighted by Crippen LogP contribution is 2.29. The van der Waals surface area contributed by atoms with Gasteiger partial charge in [0.05, 0.1) is 0 Å². The van der Waals surface area contributed by atoms with Crippen LogP contribution in [0.1, 0.15) is 39.7 Å². The smallest absolute Gasteiger partial charge is 0.0438 e. The quantitative estimate of drug-likeness (QED) is 0.797. The molecule has 0 saturated heterocycles. The summed E-state index contributed by atoms with van der Waals surface area (Å²) in [6.07, 6.45) is 2.18.